The number of isothiocyanates is 2. The van der Waals surface area contributed by atoms with Gasteiger partial charge in [0.1, 0.15) is 0 Å². The van der Waals surface area contributed by atoms with E-state index in [4.69, 9.17) is 34.5 Å². The molecule has 0 spiro atoms. The van der Waals surface area contributed by atoms with Gasteiger partial charge in [0, 0.05) is 122 Å². The van der Waals surface area contributed by atoms with Crippen LogP contribution in [0.5, 0.6) is 0 Å². The summed E-state index contributed by atoms with van der Waals surface area (Å²) in [5.41, 5.74) is 0. The van der Waals surface area contributed by atoms with Crippen molar-refractivity contribution in [2.75, 3.05) is 66.1 Å². The smallest absolute Gasteiger partial charge is 0.753 e. The Morgan fingerprint density at radius 3 is 0.617 bits per heavy atom. The Kier molecular flexibility index (Phi) is 68.8. The molecule has 0 bridgehead atoms. The summed E-state index contributed by atoms with van der Waals surface area (Å²) in [4.78, 5) is 58.5. The summed E-state index contributed by atoms with van der Waals surface area (Å²) in [5, 5.41) is 28.7. The van der Waals surface area contributed by atoms with Gasteiger partial charge in [0.05, 0.1) is 17.8 Å². The Morgan fingerprint density at radius 1 is 0.333 bits per heavy atom. The molecule has 0 amide bonds. The maximum atomic E-state index is 7.13. The number of aliphatic imine (C=N–C) groups is 3. The number of ether oxygens (including phenoxy) is 5. The summed E-state index contributed by atoms with van der Waals surface area (Å²) in [6.45, 7) is 10.0. The Labute approximate surface area is 569 Å². The summed E-state index contributed by atoms with van der Waals surface area (Å²) in [5.74, 6) is 2.15. The van der Waals surface area contributed by atoms with E-state index in [1.807, 2.05) is 0 Å². The number of thiocarbonyl (C=S) groups is 2. The second-order valence-electron chi connectivity index (χ2n) is 14.2. The topological polar surface area (TPSA) is 325 Å². The van der Waals surface area contributed by atoms with Crippen LogP contribution in [0.3, 0.4) is 0 Å². The van der Waals surface area contributed by atoms with E-state index in [1.165, 1.54) is 93.5 Å². The Balaban J connectivity index is -0.000000426. The number of rotatable bonds is 9. The van der Waals surface area contributed by atoms with Crippen molar-refractivity contribution in [3.05, 3.63) is 138 Å². The van der Waals surface area contributed by atoms with Gasteiger partial charge in [-0.25, -0.2) is 29.9 Å². The SMILES string of the molecule is C(=N\c1ncccn1)/[N-]c1ncccn1.C(=N\c1ncccn1)/[N-]c1ncccn1.C(=N\c1ncccn1)/[N-]c1ncccn1.C1CCOC1.C1CCOC1.C1CCOC1.C1CCOC1.C1CCOC1.[Cu+].[Cu+].[Cu+].[Cu+].[K+].[N-]=C=S.[N-]=C=S. The predicted octanol–water partition coefficient (Wildman–Crippen LogP) is 7.19. The molecule has 444 valence electrons. The monoisotopic (exact) mass is 1360 g/mol. The molecule has 11 rings (SSSR count). The molecule has 81 heavy (non-hydrogen) atoms. The molecule has 25 nitrogen and oxygen atoms in total. The summed E-state index contributed by atoms with van der Waals surface area (Å²) < 4.78 is 24.7. The minimum Gasteiger partial charge on any atom is -0.753 e. The molecule has 32 heteroatoms. The summed E-state index contributed by atoms with van der Waals surface area (Å²) >= 11 is 7.40. The van der Waals surface area contributed by atoms with Crippen molar-refractivity contribution in [2.45, 2.75) is 64.2 Å². The van der Waals surface area contributed by atoms with Gasteiger partial charge in [-0.3, -0.25) is 0 Å². The molecule has 5 fully saturated rings. The van der Waals surface area contributed by atoms with Gasteiger partial charge in [-0.05, 0) is 138 Å². The molecule has 0 atom stereocenters. The van der Waals surface area contributed by atoms with Crippen LogP contribution in [-0.4, -0.2) is 155 Å². The third kappa shape index (κ3) is 55.0. The van der Waals surface area contributed by atoms with Gasteiger partial charge in [0.15, 0.2) is 17.8 Å². The molecule has 5 saturated heterocycles. The summed E-state index contributed by atoms with van der Waals surface area (Å²) in [6.07, 6.45) is 36.1. The minimum absolute atomic E-state index is 0. The molecule has 5 aliphatic heterocycles. The fourth-order valence-corrected chi connectivity index (χ4v) is 5.10. The van der Waals surface area contributed by atoms with Crippen molar-refractivity contribution < 1.29 is 143 Å². The van der Waals surface area contributed by atoms with E-state index in [9.17, 15) is 0 Å². The number of nitrogens with zero attached hydrogens (tertiary/aromatic N) is 20. The second-order valence-corrected chi connectivity index (χ2v) is 14.6. The van der Waals surface area contributed by atoms with E-state index in [2.05, 4.69) is 115 Å². The van der Waals surface area contributed by atoms with Crippen molar-refractivity contribution in [2.24, 2.45) is 15.0 Å². The zero-order valence-electron chi connectivity index (χ0n) is 44.3. The quantitative estimate of drug-likeness (QED) is 0.0598. The first kappa shape index (κ1) is 83.5. The zero-order valence-corrected chi connectivity index (χ0v) is 52.8. The van der Waals surface area contributed by atoms with Crippen LogP contribution in [0.25, 0.3) is 26.8 Å². The summed E-state index contributed by atoms with van der Waals surface area (Å²) in [7, 11) is 0. The van der Waals surface area contributed by atoms with Crippen molar-refractivity contribution in [3.8, 4) is 0 Å². The normalized spacial score (nSPS) is 13.4. The summed E-state index contributed by atoms with van der Waals surface area (Å²) in [6, 6.07) is 10.3. The molecular formula is C49H61Cu4KN20O5S2. The number of hydrogen-bond donors (Lipinski definition) is 0. The number of aromatic nitrogens is 12. The molecule has 0 radical (unpaired) electrons. The second kappa shape index (κ2) is 66.8. The maximum absolute atomic E-state index is 7.13. The first-order chi connectivity index (χ1) is 37.7. The molecule has 0 aromatic carbocycles. The molecule has 0 saturated carbocycles. The van der Waals surface area contributed by atoms with Gasteiger partial charge in [-0.1, -0.05) is 24.4 Å². The van der Waals surface area contributed by atoms with E-state index in [0.29, 0.717) is 35.7 Å². The van der Waals surface area contributed by atoms with Crippen LogP contribution < -0.4 is 51.4 Å². The molecule has 5 aliphatic rings. The van der Waals surface area contributed by atoms with Gasteiger partial charge >= 0.3 is 120 Å². The van der Waals surface area contributed by atoms with Gasteiger partial charge in [0.25, 0.3) is 0 Å². The van der Waals surface area contributed by atoms with E-state index in [-0.39, 0.29) is 120 Å². The van der Waals surface area contributed by atoms with Gasteiger partial charge in [-0.15, -0.1) is 0 Å². The van der Waals surface area contributed by atoms with Crippen LogP contribution >= 0.6 is 24.4 Å². The Bertz CT molecular complexity index is 2070. The van der Waals surface area contributed by atoms with Crippen LogP contribution in [0.2, 0.25) is 0 Å². The minimum atomic E-state index is 0. The first-order valence-electron chi connectivity index (χ1n) is 23.9. The van der Waals surface area contributed by atoms with Gasteiger partial charge in [-0.2, -0.15) is 10.3 Å². The van der Waals surface area contributed by atoms with Gasteiger partial charge < -0.3 is 95.3 Å². The Morgan fingerprint density at radius 2 is 0.481 bits per heavy atom. The predicted molar refractivity (Wildman–Crippen MR) is 298 cm³/mol. The van der Waals surface area contributed by atoms with Crippen LogP contribution in [0.1, 0.15) is 64.2 Å². The average Bonchev–Trinajstić information content (AvgIpc) is 4.35. The van der Waals surface area contributed by atoms with Gasteiger partial charge in [0.2, 0.25) is 0 Å². The molecule has 11 heterocycles. The Hall–Kier alpha value is -4.00. The van der Waals surface area contributed by atoms with E-state index in [0.717, 1.165) is 66.1 Å². The van der Waals surface area contributed by atoms with Crippen molar-refractivity contribution in [1.82, 2.24) is 59.8 Å². The van der Waals surface area contributed by atoms with Crippen LogP contribution in [0.4, 0.5) is 35.7 Å². The largest absolute Gasteiger partial charge is 1.00 e. The standard InChI is InChI=1S/3C9H7N6.5C4H8O.2CNS.4Cu.K/c3*1-3-10-8(11-4-1)14-7-15-9-12-5-2-6-13-9;5*1-2-4-5-3-1;2*2-1-3;;;;;/h3*1-7H;5*1-4H2;;;;;;;/q3*-1;;;;;;2*-1;5*+1. The maximum Gasteiger partial charge on any atom is 1.00 e. The van der Waals surface area contributed by atoms with Crippen LogP contribution in [0.15, 0.2) is 126 Å². The molecule has 0 aliphatic carbocycles. The third-order valence-corrected chi connectivity index (χ3v) is 8.49. The molecule has 0 N–H and O–H groups in total. The van der Waals surface area contributed by atoms with Crippen LogP contribution in [0, 0.1) is 0 Å². The van der Waals surface area contributed by atoms with E-state index >= 15 is 0 Å². The van der Waals surface area contributed by atoms with Crippen molar-refractivity contribution in [1.29, 1.82) is 0 Å². The van der Waals surface area contributed by atoms with E-state index < -0.39 is 0 Å². The molecular weight excluding hydrogens is 1310 g/mol. The fraction of sp³-hybridized carbons (Fsp3) is 0.408. The van der Waals surface area contributed by atoms with Crippen molar-refractivity contribution >= 4 is 89.5 Å². The molecule has 6 aromatic heterocycles. The third-order valence-electron chi connectivity index (χ3n) is 8.49. The average molecular weight is 1370 g/mol. The zero-order chi connectivity index (χ0) is 54.1. The van der Waals surface area contributed by atoms with Crippen LogP contribution in [-0.2, 0) is 92.0 Å². The van der Waals surface area contributed by atoms with Crippen molar-refractivity contribution in [3.63, 3.8) is 0 Å². The molecule has 6 aromatic rings. The van der Waals surface area contributed by atoms with E-state index in [1.54, 1.807) is 111 Å². The molecule has 0 unspecified atom stereocenters. The first-order valence-corrected chi connectivity index (χ1v) is 24.7. The number of hydrogen-bond acceptors (Lipinski definition) is 22. The fourth-order valence-electron chi connectivity index (χ4n) is 5.10.